The Morgan fingerprint density at radius 1 is 1.14 bits per heavy atom. The number of phenols is 1. The fraction of sp³-hybridized carbons (Fsp3) is 0.118. The number of phenolic OH excluding ortho intramolecular Hbond substituents is 1. The summed E-state index contributed by atoms with van der Waals surface area (Å²) in [5, 5.41) is 10.8. The maximum atomic E-state index is 12.5. The maximum absolute atomic E-state index is 12.5. The van der Waals surface area contributed by atoms with Gasteiger partial charge in [-0.15, -0.1) is 0 Å². The number of nitrogen functional groups attached to an aromatic ring is 1. The predicted octanol–water partition coefficient (Wildman–Crippen LogP) is 3.30. The standard InChI is InChI=1S/C17H16N2O2/c1-9-3-4-14-11(5-9)7-15(19-14)17(21)12-6-13(18)10(2)16(20)8-12/h3-8,19-20H,18H2,1-2H3. The average Bonchev–Trinajstić information content (AvgIpc) is 2.86. The molecule has 3 aromatic rings. The number of ketones is 1. The van der Waals surface area contributed by atoms with Gasteiger partial charge < -0.3 is 15.8 Å². The molecule has 1 aromatic heterocycles. The van der Waals surface area contributed by atoms with Crippen molar-refractivity contribution in [3.05, 3.63) is 58.8 Å². The molecule has 0 radical (unpaired) electrons. The van der Waals surface area contributed by atoms with Gasteiger partial charge in [0.25, 0.3) is 0 Å². The average molecular weight is 280 g/mol. The number of anilines is 1. The molecule has 0 atom stereocenters. The summed E-state index contributed by atoms with van der Waals surface area (Å²) in [6, 6.07) is 10.8. The van der Waals surface area contributed by atoms with E-state index in [2.05, 4.69) is 4.98 Å². The highest BCUT2D eigenvalue weighted by molar-refractivity contribution is 6.10. The second-order valence-electron chi connectivity index (χ2n) is 5.31. The third-order valence-corrected chi connectivity index (χ3v) is 3.70. The van der Waals surface area contributed by atoms with E-state index >= 15 is 0 Å². The number of hydrogen-bond donors (Lipinski definition) is 3. The summed E-state index contributed by atoms with van der Waals surface area (Å²) in [5.41, 5.74) is 9.71. The Morgan fingerprint density at radius 3 is 2.62 bits per heavy atom. The number of nitrogens with one attached hydrogen (secondary N) is 1. The van der Waals surface area contributed by atoms with Crippen LogP contribution in [-0.2, 0) is 0 Å². The van der Waals surface area contributed by atoms with Crippen LogP contribution in [0.2, 0.25) is 0 Å². The Labute approximate surface area is 122 Å². The van der Waals surface area contributed by atoms with E-state index in [1.807, 2.05) is 31.2 Å². The van der Waals surface area contributed by atoms with Crippen molar-refractivity contribution in [1.82, 2.24) is 4.98 Å². The number of rotatable bonds is 2. The molecule has 1 heterocycles. The van der Waals surface area contributed by atoms with Crippen molar-refractivity contribution in [3.8, 4) is 5.75 Å². The van der Waals surface area contributed by atoms with E-state index in [9.17, 15) is 9.90 Å². The van der Waals surface area contributed by atoms with Crippen LogP contribution in [0, 0.1) is 13.8 Å². The number of carbonyl (C=O) groups is 1. The van der Waals surface area contributed by atoms with Crippen LogP contribution in [0.3, 0.4) is 0 Å². The van der Waals surface area contributed by atoms with E-state index in [0.717, 1.165) is 16.5 Å². The summed E-state index contributed by atoms with van der Waals surface area (Å²) < 4.78 is 0. The third-order valence-electron chi connectivity index (χ3n) is 3.70. The molecule has 0 aliphatic rings. The monoisotopic (exact) mass is 280 g/mol. The molecular weight excluding hydrogens is 264 g/mol. The SMILES string of the molecule is Cc1ccc2[nH]c(C(=O)c3cc(N)c(C)c(O)c3)cc2c1. The third kappa shape index (κ3) is 2.25. The molecule has 0 fully saturated rings. The summed E-state index contributed by atoms with van der Waals surface area (Å²) in [5.74, 6) is -0.156. The van der Waals surface area contributed by atoms with E-state index in [1.54, 1.807) is 13.0 Å². The van der Waals surface area contributed by atoms with Crippen molar-refractivity contribution in [1.29, 1.82) is 0 Å². The first-order chi connectivity index (χ1) is 9.95. The summed E-state index contributed by atoms with van der Waals surface area (Å²) in [6.07, 6.45) is 0. The minimum atomic E-state index is -0.189. The second-order valence-corrected chi connectivity index (χ2v) is 5.31. The minimum absolute atomic E-state index is 0.0327. The van der Waals surface area contributed by atoms with Crippen molar-refractivity contribution < 1.29 is 9.90 Å². The normalized spacial score (nSPS) is 11.0. The highest BCUT2D eigenvalue weighted by Gasteiger charge is 2.15. The van der Waals surface area contributed by atoms with Crippen LogP contribution >= 0.6 is 0 Å². The maximum Gasteiger partial charge on any atom is 0.209 e. The van der Waals surface area contributed by atoms with Crippen LogP contribution in [0.1, 0.15) is 27.2 Å². The topological polar surface area (TPSA) is 79.1 Å². The zero-order valence-corrected chi connectivity index (χ0v) is 11.9. The molecule has 0 bridgehead atoms. The van der Waals surface area contributed by atoms with Crippen LogP contribution in [0.5, 0.6) is 5.75 Å². The van der Waals surface area contributed by atoms with Crippen molar-refractivity contribution in [2.45, 2.75) is 13.8 Å². The van der Waals surface area contributed by atoms with E-state index in [1.165, 1.54) is 6.07 Å². The number of benzene rings is 2. The van der Waals surface area contributed by atoms with Crippen LogP contribution < -0.4 is 5.73 Å². The molecule has 0 aliphatic heterocycles. The molecular formula is C17H16N2O2. The minimum Gasteiger partial charge on any atom is -0.508 e. The molecule has 0 amide bonds. The van der Waals surface area contributed by atoms with Gasteiger partial charge in [-0.25, -0.2) is 0 Å². The Balaban J connectivity index is 2.08. The molecule has 4 nitrogen and oxygen atoms in total. The van der Waals surface area contributed by atoms with Gasteiger partial charge in [-0.3, -0.25) is 4.79 Å². The number of nitrogens with two attached hydrogens (primary N) is 1. The van der Waals surface area contributed by atoms with Crippen molar-refractivity contribution >= 4 is 22.4 Å². The molecule has 3 rings (SSSR count). The number of aryl methyl sites for hydroxylation is 1. The molecule has 2 aromatic carbocycles. The van der Waals surface area contributed by atoms with Crippen LogP contribution in [0.4, 0.5) is 5.69 Å². The van der Waals surface area contributed by atoms with Gasteiger partial charge in [0.15, 0.2) is 0 Å². The lowest BCUT2D eigenvalue weighted by Crippen LogP contribution is -2.03. The van der Waals surface area contributed by atoms with Crippen LogP contribution in [0.15, 0.2) is 36.4 Å². The Bertz CT molecular complexity index is 839. The van der Waals surface area contributed by atoms with Gasteiger partial charge in [0.05, 0.1) is 5.69 Å². The molecule has 4 heteroatoms. The van der Waals surface area contributed by atoms with E-state index in [4.69, 9.17) is 5.73 Å². The summed E-state index contributed by atoms with van der Waals surface area (Å²) in [6.45, 7) is 3.72. The van der Waals surface area contributed by atoms with Gasteiger partial charge in [0.1, 0.15) is 5.75 Å². The smallest absolute Gasteiger partial charge is 0.209 e. The highest BCUT2D eigenvalue weighted by Crippen LogP contribution is 2.26. The Morgan fingerprint density at radius 2 is 1.90 bits per heavy atom. The van der Waals surface area contributed by atoms with Gasteiger partial charge in [-0.2, -0.15) is 0 Å². The molecule has 0 saturated heterocycles. The predicted molar refractivity (Wildman–Crippen MR) is 83.7 cm³/mol. The van der Waals surface area contributed by atoms with Gasteiger partial charge in [0, 0.05) is 27.7 Å². The highest BCUT2D eigenvalue weighted by atomic mass is 16.3. The van der Waals surface area contributed by atoms with Crippen LogP contribution in [0.25, 0.3) is 10.9 Å². The molecule has 21 heavy (non-hydrogen) atoms. The lowest BCUT2D eigenvalue weighted by Gasteiger charge is -2.06. The lowest BCUT2D eigenvalue weighted by molar-refractivity contribution is 0.103. The second kappa shape index (κ2) is 4.66. The molecule has 0 unspecified atom stereocenters. The Hall–Kier alpha value is -2.75. The fourth-order valence-corrected chi connectivity index (χ4v) is 2.38. The largest absolute Gasteiger partial charge is 0.508 e. The molecule has 0 saturated carbocycles. The van der Waals surface area contributed by atoms with Crippen molar-refractivity contribution in [3.63, 3.8) is 0 Å². The molecule has 106 valence electrons. The van der Waals surface area contributed by atoms with Gasteiger partial charge in [-0.05, 0) is 44.2 Å². The molecule has 0 aliphatic carbocycles. The molecule has 0 spiro atoms. The number of carbonyl (C=O) groups excluding carboxylic acids is 1. The lowest BCUT2D eigenvalue weighted by atomic mass is 10.0. The van der Waals surface area contributed by atoms with E-state index in [-0.39, 0.29) is 11.5 Å². The molecule has 4 N–H and O–H groups in total. The quantitative estimate of drug-likeness (QED) is 0.497. The van der Waals surface area contributed by atoms with Gasteiger partial charge in [-0.1, -0.05) is 11.6 Å². The van der Waals surface area contributed by atoms with E-state index in [0.29, 0.717) is 22.5 Å². The first-order valence-corrected chi connectivity index (χ1v) is 6.69. The summed E-state index contributed by atoms with van der Waals surface area (Å²) in [4.78, 5) is 15.6. The number of fused-ring (bicyclic) bond motifs is 1. The number of aromatic hydroxyl groups is 1. The first-order valence-electron chi connectivity index (χ1n) is 6.69. The van der Waals surface area contributed by atoms with Gasteiger partial charge >= 0.3 is 0 Å². The summed E-state index contributed by atoms with van der Waals surface area (Å²) in [7, 11) is 0. The number of hydrogen-bond acceptors (Lipinski definition) is 3. The van der Waals surface area contributed by atoms with Crippen molar-refractivity contribution in [2.75, 3.05) is 5.73 Å². The zero-order valence-electron chi connectivity index (χ0n) is 11.9. The van der Waals surface area contributed by atoms with Crippen LogP contribution in [-0.4, -0.2) is 15.9 Å². The zero-order chi connectivity index (χ0) is 15.1. The number of H-pyrrole nitrogens is 1. The van der Waals surface area contributed by atoms with Crippen molar-refractivity contribution in [2.24, 2.45) is 0 Å². The van der Waals surface area contributed by atoms with E-state index < -0.39 is 0 Å². The number of aromatic amines is 1. The first kappa shape index (κ1) is 13.2. The fourth-order valence-electron chi connectivity index (χ4n) is 2.38. The Kier molecular flexibility index (Phi) is 2.94. The van der Waals surface area contributed by atoms with Gasteiger partial charge in [0.2, 0.25) is 5.78 Å². The number of aromatic nitrogens is 1. The summed E-state index contributed by atoms with van der Waals surface area (Å²) >= 11 is 0.